The molecule has 0 aliphatic heterocycles. The van der Waals surface area contributed by atoms with Crippen LogP contribution in [-0.2, 0) is 11.2 Å². The fourth-order valence-corrected chi connectivity index (χ4v) is 3.54. The maximum Gasteiger partial charge on any atom is 0.251 e. The molecule has 0 saturated carbocycles. The van der Waals surface area contributed by atoms with Crippen LogP contribution >= 0.6 is 0 Å². The molecule has 3 rings (SSSR count). The molecule has 0 spiro atoms. The van der Waals surface area contributed by atoms with Crippen molar-refractivity contribution in [3.8, 4) is 0 Å². The Bertz CT molecular complexity index is 785. The largest absolute Gasteiger partial charge is 0.345 e. The van der Waals surface area contributed by atoms with Crippen LogP contribution in [0.3, 0.4) is 0 Å². The lowest BCUT2D eigenvalue weighted by Gasteiger charge is -2.25. The quantitative estimate of drug-likeness (QED) is 0.830. The highest BCUT2D eigenvalue weighted by Crippen LogP contribution is 2.33. The first-order valence-electron chi connectivity index (χ1n) is 8.81. The normalized spacial score (nSPS) is 19.4. The van der Waals surface area contributed by atoms with E-state index in [4.69, 9.17) is 0 Å². The molecule has 0 heterocycles. The van der Waals surface area contributed by atoms with Gasteiger partial charge in [-0.3, -0.25) is 9.59 Å². The number of rotatable bonds is 3. The van der Waals surface area contributed by atoms with Gasteiger partial charge in [0.25, 0.3) is 5.91 Å². The SMILES string of the molecule is CC(=O)Nc1cccc(C(=O)N[C@H]2c3ccccc3CCC[C@H]2C)c1. The first-order chi connectivity index (χ1) is 12.0. The van der Waals surface area contributed by atoms with Gasteiger partial charge >= 0.3 is 0 Å². The second-order valence-corrected chi connectivity index (χ2v) is 6.78. The molecular formula is C21H24N2O2. The topological polar surface area (TPSA) is 58.2 Å². The Morgan fingerprint density at radius 1 is 1.08 bits per heavy atom. The van der Waals surface area contributed by atoms with Gasteiger partial charge in [0.1, 0.15) is 0 Å². The molecule has 25 heavy (non-hydrogen) atoms. The number of benzene rings is 2. The molecule has 0 fully saturated rings. The van der Waals surface area contributed by atoms with Crippen LogP contribution in [-0.4, -0.2) is 11.8 Å². The predicted octanol–water partition coefficient (Wildman–Crippen LogP) is 4.09. The van der Waals surface area contributed by atoms with E-state index in [-0.39, 0.29) is 17.9 Å². The van der Waals surface area contributed by atoms with E-state index in [1.54, 1.807) is 24.3 Å². The summed E-state index contributed by atoms with van der Waals surface area (Å²) in [6, 6.07) is 15.4. The molecule has 0 bridgehead atoms. The molecule has 1 aliphatic rings. The van der Waals surface area contributed by atoms with Crippen molar-refractivity contribution in [1.29, 1.82) is 0 Å². The van der Waals surface area contributed by atoms with Crippen LogP contribution in [0.2, 0.25) is 0 Å². The number of hydrogen-bond donors (Lipinski definition) is 2. The van der Waals surface area contributed by atoms with Gasteiger partial charge in [-0.05, 0) is 54.5 Å². The Kier molecular flexibility index (Phi) is 5.17. The maximum absolute atomic E-state index is 12.8. The second-order valence-electron chi connectivity index (χ2n) is 6.78. The van der Waals surface area contributed by atoms with Crippen molar-refractivity contribution >= 4 is 17.5 Å². The molecule has 130 valence electrons. The highest BCUT2D eigenvalue weighted by molar-refractivity contribution is 5.97. The minimum atomic E-state index is -0.149. The summed E-state index contributed by atoms with van der Waals surface area (Å²) < 4.78 is 0. The van der Waals surface area contributed by atoms with Gasteiger partial charge in [-0.1, -0.05) is 37.3 Å². The van der Waals surface area contributed by atoms with Crippen LogP contribution < -0.4 is 10.6 Å². The maximum atomic E-state index is 12.8. The zero-order chi connectivity index (χ0) is 17.8. The van der Waals surface area contributed by atoms with Gasteiger partial charge in [0.15, 0.2) is 0 Å². The van der Waals surface area contributed by atoms with Crippen LogP contribution in [0.5, 0.6) is 0 Å². The molecule has 0 aromatic heterocycles. The zero-order valence-electron chi connectivity index (χ0n) is 14.7. The lowest BCUT2D eigenvalue weighted by atomic mass is 9.92. The third-order valence-electron chi connectivity index (χ3n) is 4.80. The smallest absolute Gasteiger partial charge is 0.251 e. The minimum Gasteiger partial charge on any atom is -0.345 e. The van der Waals surface area contributed by atoms with Crippen molar-refractivity contribution in [1.82, 2.24) is 5.32 Å². The molecule has 0 radical (unpaired) electrons. The van der Waals surface area contributed by atoms with Crippen molar-refractivity contribution in [3.63, 3.8) is 0 Å². The van der Waals surface area contributed by atoms with Gasteiger partial charge < -0.3 is 10.6 Å². The van der Waals surface area contributed by atoms with Gasteiger partial charge in [-0.15, -0.1) is 0 Å². The van der Waals surface area contributed by atoms with Crippen molar-refractivity contribution < 1.29 is 9.59 Å². The standard InChI is InChI=1S/C21H24N2O2/c1-14-7-5-9-16-8-3-4-12-19(16)20(14)23-21(25)17-10-6-11-18(13-17)22-15(2)24/h3-4,6,8,10-14,20H,5,7,9H2,1-2H3,(H,22,24)(H,23,25)/t14-,20-/m1/s1. The number of amides is 2. The Morgan fingerprint density at radius 3 is 2.68 bits per heavy atom. The molecule has 2 aromatic carbocycles. The third kappa shape index (κ3) is 4.08. The van der Waals surface area contributed by atoms with Gasteiger partial charge in [0, 0.05) is 18.2 Å². The molecule has 2 atom stereocenters. The van der Waals surface area contributed by atoms with Crippen molar-refractivity contribution in [2.75, 3.05) is 5.32 Å². The van der Waals surface area contributed by atoms with Crippen LogP contribution in [0.4, 0.5) is 5.69 Å². The van der Waals surface area contributed by atoms with E-state index in [9.17, 15) is 9.59 Å². The molecule has 4 heteroatoms. The number of carbonyl (C=O) groups is 2. The molecule has 0 saturated heterocycles. The Labute approximate surface area is 148 Å². The van der Waals surface area contributed by atoms with Crippen molar-refractivity contribution in [2.45, 2.75) is 39.2 Å². The summed E-state index contributed by atoms with van der Waals surface area (Å²) in [4.78, 5) is 24.0. The Balaban J connectivity index is 1.83. The lowest BCUT2D eigenvalue weighted by Crippen LogP contribution is -2.32. The molecule has 4 nitrogen and oxygen atoms in total. The first kappa shape index (κ1) is 17.2. The van der Waals surface area contributed by atoms with Crippen molar-refractivity contribution in [2.24, 2.45) is 5.92 Å². The molecule has 0 unspecified atom stereocenters. The number of nitrogens with one attached hydrogen (secondary N) is 2. The van der Waals surface area contributed by atoms with Crippen LogP contribution in [0.15, 0.2) is 48.5 Å². The van der Waals surface area contributed by atoms with Crippen LogP contribution in [0.1, 0.15) is 54.2 Å². The van der Waals surface area contributed by atoms with E-state index < -0.39 is 0 Å². The molecule has 2 amide bonds. The highest BCUT2D eigenvalue weighted by Gasteiger charge is 2.26. The number of fused-ring (bicyclic) bond motifs is 1. The van der Waals surface area contributed by atoms with E-state index in [1.807, 2.05) is 6.07 Å². The summed E-state index contributed by atoms with van der Waals surface area (Å²) in [7, 11) is 0. The van der Waals surface area contributed by atoms with Gasteiger partial charge in [0.2, 0.25) is 5.91 Å². The van der Waals surface area contributed by atoms with Gasteiger partial charge in [-0.25, -0.2) is 0 Å². The van der Waals surface area contributed by atoms with Crippen LogP contribution in [0.25, 0.3) is 0 Å². The Hall–Kier alpha value is -2.62. The summed E-state index contributed by atoms with van der Waals surface area (Å²) in [5.41, 5.74) is 3.73. The number of carbonyl (C=O) groups excluding carboxylic acids is 2. The van der Waals surface area contributed by atoms with Gasteiger partial charge in [0.05, 0.1) is 6.04 Å². The summed E-state index contributed by atoms with van der Waals surface area (Å²) in [6.45, 7) is 3.65. The average Bonchev–Trinajstić information content (AvgIpc) is 2.74. The third-order valence-corrected chi connectivity index (χ3v) is 4.80. The van der Waals surface area contributed by atoms with E-state index >= 15 is 0 Å². The van der Waals surface area contributed by atoms with Gasteiger partial charge in [-0.2, -0.15) is 0 Å². The van der Waals surface area contributed by atoms with Crippen LogP contribution in [0, 0.1) is 5.92 Å². The summed E-state index contributed by atoms with van der Waals surface area (Å²) >= 11 is 0. The first-order valence-corrected chi connectivity index (χ1v) is 8.81. The van der Waals surface area contributed by atoms with E-state index in [0.29, 0.717) is 17.2 Å². The molecular weight excluding hydrogens is 312 g/mol. The summed E-state index contributed by atoms with van der Waals surface area (Å²) in [5.74, 6) is 0.121. The summed E-state index contributed by atoms with van der Waals surface area (Å²) in [5, 5.41) is 5.93. The number of hydrogen-bond acceptors (Lipinski definition) is 2. The van der Waals surface area contributed by atoms with E-state index in [0.717, 1.165) is 19.3 Å². The zero-order valence-corrected chi connectivity index (χ0v) is 14.7. The predicted molar refractivity (Wildman–Crippen MR) is 99.5 cm³/mol. The number of aryl methyl sites for hydroxylation is 1. The fourth-order valence-electron chi connectivity index (χ4n) is 3.54. The second kappa shape index (κ2) is 7.51. The Morgan fingerprint density at radius 2 is 1.88 bits per heavy atom. The summed E-state index contributed by atoms with van der Waals surface area (Å²) in [6.07, 6.45) is 3.29. The fraction of sp³-hybridized carbons (Fsp3) is 0.333. The lowest BCUT2D eigenvalue weighted by molar-refractivity contribution is -0.114. The molecule has 2 aromatic rings. The number of anilines is 1. The van der Waals surface area contributed by atoms with E-state index in [2.05, 4.69) is 35.8 Å². The van der Waals surface area contributed by atoms with E-state index in [1.165, 1.54) is 18.1 Å². The minimum absolute atomic E-state index is 0.00984. The van der Waals surface area contributed by atoms with Crippen molar-refractivity contribution in [3.05, 3.63) is 65.2 Å². The average molecular weight is 336 g/mol. The monoisotopic (exact) mass is 336 g/mol. The molecule has 2 N–H and O–H groups in total. The molecule has 1 aliphatic carbocycles. The highest BCUT2D eigenvalue weighted by atomic mass is 16.2.